The Morgan fingerprint density at radius 3 is 1.44 bits per heavy atom. The molecule has 0 fully saturated rings. The summed E-state index contributed by atoms with van der Waals surface area (Å²) >= 11 is 1.85. The van der Waals surface area contributed by atoms with Crippen molar-refractivity contribution < 1.29 is 4.42 Å². The van der Waals surface area contributed by atoms with Crippen molar-refractivity contribution in [2.45, 2.75) is 0 Å². The Morgan fingerprint density at radius 2 is 0.789 bits per heavy atom. The van der Waals surface area contributed by atoms with E-state index in [0.717, 1.165) is 39.2 Å². The van der Waals surface area contributed by atoms with Crippen LogP contribution in [-0.4, -0.2) is 0 Å². The van der Waals surface area contributed by atoms with Gasteiger partial charge >= 0.3 is 0 Å². The van der Waals surface area contributed by atoms with Gasteiger partial charge in [0, 0.05) is 48.0 Å². The maximum absolute atomic E-state index is 6.51. The zero-order valence-electron chi connectivity index (χ0n) is 31.0. The third-order valence-electron chi connectivity index (χ3n) is 11.1. The van der Waals surface area contributed by atoms with Crippen LogP contribution in [0.1, 0.15) is 0 Å². The van der Waals surface area contributed by atoms with Crippen molar-refractivity contribution in [2.24, 2.45) is 0 Å². The Bertz CT molecular complexity index is 3200. The fraction of sp³-hybridized carbons (Fsp3) is 0. The van der Waals surface area contributed by atoms with E-state index in [-0.39, 0.29) is 0 Å². The van der Waals surface area contributed by atoms with Crippen LogP contribution in [0.2, 0.25) is 0 Å². The van der Waals surface area contributed by atoms with Crippen LogP contribution in [0.25, 0.3) is 86.6 Å². The molecule has 0 bridgehead atoms. The molecule has 0 atom stereocenters. The van der Waals surface area contributed by atoms with Crippen LogP contribution in [0.4, 0.5) is 17.1 Å². The molecule has 57 heavy (non-hydrogen) atoms. The molecule has 11 aromatic rings. The molecule has 2 heterocycles. The highest BCUT2D eigenvalue weighted by Crippen LogP contribution is 2.46. The summed E-state index contributed by atoms with van der Waals surface area (Å²) in [4.78, 5) is 2.35. The predicted octanol–water partition coefficient (Wildman–Crippen LogP) is 16.1. The Labute approximate surface area is 335 Å². The van der Waals surface area contributed by atoms with E-state index in [4.69, 9.17) is 4.42 Å². The van der Waals surface area contributed by atoms with E-state index in [1.54, 1.807) is 0 Å². The van der Waals surface area contributed by atoms with E-state index in [1.165, 1.54) is 64.5 Å². The number of fused-ring (bicyclic) bond motifs is 7. The summed E-state index contributed by atoms with van der Waals surface area (Å²) in [6.07, 6.45) is 0. The van der Waals surface area contributed by atoms with Gasteiger partial charge in [-0.25, -0.2) is 0 Å². The molecule has 0 N–H and O–H groups in total. The van der Waals surface area contributed by atoms with Crippen LogP contribution in [0.3, 0.4) is 0 Å². The normalized spacial score (nSPS) is 11.5. The second kappa shape index (κ2) is 13.8. The topological polar surface area (TPSA) is 16.4 Å². The molecule has 2 aromatic heterocycles. The number of thiophene rings is 1. The van der Waals surface area contributed by atoms with Crippen LogP contribution in [-0.2, 0) is 0 Å². The van der Waals surface area contributed by atoms with Gasteiger partial charge in [0.05, 0.1) is 0 Å². The first-order valence-electron chi connectivity index (χ1n) is 19.3. The van der Waals surface area contributed by atoms with Crippen molar-refractivity contribution in [1.29, 1.82) is 0 Å². The maximum atomic E-state index is 6.51. The van der Waals surface area contributed by atoms with Gasteiger partial charge in [-0.15, -0.1) is 11.3 Å². The average Bonchev–Trinajstić information content (AvgIpc) is 3.87. The molecule has 0 spiro atoms. The second-order valence-electron chi connectivity index (χ2n) is 14.4. The van der Waals surface area contributed by atoms with Gasteiger partial charge in [-0.3, -0.25) is 0 Å². The molecule has 0 aliphatic carbocycles. The third-order valence-corrected chi connectivity index (χ3v) is 12.3. The first-order chi connectivity index (χ1) is 28.3. The quantitative estimate of drug-likeness (QED) is 0.162. The van der Waals surface area contributed by atoms with Crippen LogP contribution >= 0.6 is 11.3 Å². The van der Waals surface area contributed by atoms with Gasteiger partial charge in [-0.05, 0) is 105 Å². The predicted molar refractivity (Wildman–Crippen MR) is 243 cm³/mol. The van der Waals surface area contributed by atoms with Gasteiger partial charge in [0.1, 0.15) is 11.2 Å². The fourth-order valence-corrected chi connectivity index (χ4v) is 9.64. The minimum absolute atomic E-state index is 0.908. The van der Waals surface area contributed by atoms with E-state index in [2.05, 4.69) is 217 Å². The average molecular weight is 746 g/mol. The molecule has 0 amide bonds. The first kappa shape index (κ1) is 33.2. The second-order valence-corrected chi connectivity index (χ2v) is 15.5. The summed E-state index contributed by atoms with van der Waals surface area (Å²) in [5, 5.41) is 4.93. The molecule has 0 aliphatic heterocycles. The molecule has 9 aromatic carbocycles. The van der Waals surface area contributed by atoms with Crippen LogP contribution in [0.5, 0.6) is 0 Å². The van der Waals surface area contributed by atoms with Crippen LogP contribution in [0.15, 0.2) is 217 Å². The van der Waals surface area contributed by atoms with Crippen LogP contribution < -0.4 is 4.90 Å². The standard InChI is InChI=1S/C54H35NOS/c1-3-12-36(13-4-1)37-22-28-41(29-23-37)55(42-30-24-39(25-31-42)45-17-8-7-16-44(45)38-14-5-2-6-15-38)43-32-26-40(27-33-43)46-19-11-20-49-52(46)53-50(56-49)35-34-48-47-18-9-10-21-51(47)57-54(48)53/h1-35H. The Morgan fingerprint density at radius 1 is 0.316 bits per heavy atom. The monoisotopic (exact) mass is 745 g/mol. The highest BCUT2D eigenvalue weighted by Gasteiger charge is 2.19. The summed E-state index contributed by atoms with van der Waals surface area (Å²) in [5.74, 6) is 0. The molecule has 0 radical (unpaired) electrons. The van der Waals surface area contributed by atoms with Crippen molar-refractivity contribution >= 4 is 70.5 Å². The molecule has 0 aliphatic rings. The summed E-state index contributed by atoms with van der Waals surface area (Å²) in [6.45, 7) is 0. The number of benzene rings is 9. The highest BCUT2D eigenvalue weighted by atomic mass is 32.1. The maximum Gasteiger partial charge on any atom is 0.136 e. The summed E-state index contributed by atoms with van der Waals surface area (Å²) in [7, 11) is 0. The van der Waals surface area contributed by atoms with Crippen molar-refractivity contribution in [3.8, 4) is 44.5 Å². The number of hydrogen-bond acceptors (Lipinski definition) is 3. The first-order valence-corrected chi connectivity index (χ1v) is 20.1. The molecule has 268 valence electrons. The van der Waals surface area contributed by atoms with Gasteiger partial charge < -0.3 is 9.32 Å². The van der Waals surface area contributed by atoms with Crippen molar-refractivity contribution in [2.75, 3.05) is 4.90 Å². The van der Waals surface area contributed by atoms with E-state index < -0.39 is 0 Å². The van der Waals surface area contributed by atoms with Gasteiger partial charge in [0.15, 0.2) is 0 Å². The lowest BCUT2D eigenvalue weighted by atomic mass is 9.94. The number of nitrogens with zero attached hydrogens (tertiary/aromatic N) is 1. The number of anilines is 3. The number of furan rings is 1. The van der Waals surface area contributed by atoms with Gasteiger partial charge in [0.2, 0.25) is 0 Å². The Kier molecular flexibility index (Phi) is 8.04. The number of hydrogen-bond donors (Lipinski definition) is 0. The molecule has 3 heteroatoms. The molecular weight excluding hydrogens is 711 g/mol. The van der Waals surface area contributed by atoms with Gasteiger partial charge in [-0.1, -0.05) is 152 Å². The SMILES string of the molecule is c1ccc(-c2ccc(N(c3ccc(-c4ccccc4-c4ccccc4)cc3)c3ccc(-c4cccc5oc6ccc7c8ccccc8sc7c6c45)cc3)cc2)cc1. The molecule has 2 nitrogen and oxygen atoms in total. The van der Waals surface area contributed by atoms with Crippen molar-refractivity contribution in [3.05, 3.63) is 212 Å². The molecule has 11 rings (SSSR count). The van der Waals surface area contributed by atoms with Gasteiger partial charge in [-0.2, -0.15) is 0 Å². The zero-order chi connectivity index (χ0) is 37.7. The highest BCUT2D eigenvalue weighted by molar-refractivity contribution is 7.26. The smallest absolute Gasteiger partial charge is 0.136 e. The summed E-state index contributed by atoms with van der Waals surface area (Å²) in [5.41, 5.74) is 14.6. The van der Waals surface area contributed by atoms with E-state index in [0.29, 0.717) is 0 Å². The molecule has 0 unspecified atom stereocenters. The molecule has 0 saturated carbocycles. The third kappa shape index (κ3) is 5.80. The van der Waals surface area contributed by atoms with E-state index >= 15 is 0 Å². The molecule has 0 saturated heterocycles. The van der Waals surface area contributed by atoms with E-state index in [9.17, 15) is 0 Å². The largest absolute Gasteiger partial charge is 0.456 e. The van der Waals surface area contributed by atoms with E-state index in [1.807, 2.05) is 11.3 Å². The Balaban J connectivity index is 1.01. The minimum Gasteiger partial charge on any atom is -0.456 e. The molecular formula is C54H35NOS. The lowest BCUT2D eigenvalue weighted by molar-refractivity contribution is 0.669. The van der Waals surface area contributed by atoms with Crippen molar-refractivity contribution in [3.63, 3.8) is 0 Å². The minimum atomic E-state index is 0.908. The lowest BCUT2D eigenvalue weighted by Crippen LogP contribution is -2.09. The van der Waals surface area contributed by atoms with Gasteiger partial charge in [0.25, 0.3) is 0 Å². The number of rotatable bonds is 7. The lowest BCUT2D eigenvalue weighted by Gasteiger charge is -2.26. The van der Waals surface area contributed by atoms with Crippen LogP contribution in [0, 0.1) is 0 Å². The van der Waals surface area contributed by atoms with Crippen molar-refractivity contribution in [1.82, 2.24) is 0 Å². The summed E-state index contributed by atoms with van der Waals surface area (Å²) < 4.78 is 9.08. The zero-order valence-corrected chi connectivity index (χ0v) is 31.8. The fourth-order valence-electron chi connectivity index (χ4n) is 8.39. The summed E-state index contributed by atoms with van der Waals surface area (Å²) in [6, 6.07) is 76.2. The Hall–Kier alpha value is -7.20.